The summed E-state index contributed by atoms with van der Waals surface area (Å²) >= 11 is 0. The van der Waals surface area contributed by atoms with Crippen LogP contribution in [0.5, 0.6) is 5.75 Å². The van der Waals surface area contributed by atoms with Crippen LogP contribution in [0.4, 0.5) is 14.9 Å². The minimum atomic E-state index is -0.896. The molecule has 0 aromatic heterocycles. The highest BCUT2D eigenvalue weighted by Crippen LogP contribution is 2.35. The highest BCUT2D eigenvalue weighted by atomic mass is 19.1. The largest absolute Gasteiger partial charge is 0.496 e. The lowest BCUT2D eigenvalue weighted by Gasteiger charge is -2.24. The molecule has 37 heavy (non-hydrogen) atoms. The van der Waals surface area contributed by atoms with Crippen molar-refractivity contribution in [3.63, 3.8) is 0 Å². The Bertz CT molecular complexity index is 1310. The number of carbonyl (C=O) groups excluding carboxylic acids is 3. The summed E-state index contributed by atoms with van der Waals surface area (Å²) in [5.41, 5.74) is 2.22. The van der Waals surface area contributed by atoms with E-state index in [1.807, 2.05) is 0 Å². The molecule has 5 rings (SSSR count). The summed E-state index contributed by atoms with van der Waals surface area (Å²) in [6.07, 6.45) is 0.331. The molecule has 3 aromatic carbocycles. The lowest BCUT2D eigenvalue weighted by atomic mass is 10.00. The lowest BCUT2D eigenvalue weighted by molar-refractivity contribution is -0.126. The highest BCUT2D eigenvalue weighted by molar-refractivity contribution is 6.06. The third-order valence-electron chi connectivity index (χ3n) is 6.39. The molecule has 0 bridgehead atoms. The van der Waals surface area contributed by atoms with E-state index in [9.17, 15) is 18.8 Å². The Morgan fingerprint density at radius 2 is 1.73 bits per heavy atom. The number of rotatable bonds is 8. The topological polar surface area (TPSA) is 97.0 Å². The number of hydrogen-bond donors (Lipinski definition) is 2. The molecule has 3 aromatic rings. The predicted octanol–water partition coefficient (Wildman–Crippen LogP) is 4.43. The molecular weight excluding hydrogens is 477 g/mol. The zero-order valence-electron chi connectivity index (χ0n) is 20.1. The Morgan fingerprint density at radius 1 is 1.03 bits per heavy atom. The van der Waals surface area contributed by atoms with Gasteiger partial charge in [-0.15, -0.1) is 0 Å². The van der Waals surface area contributed by atoms with Crippen LogP contribution in [-0.2, 0) is 16.1 Å². The third-order valence-corrected chi connectivity index (χ3v) is 6.39. The average Bonchev–Trinajstić information content (AvgIpc) is 3.67. The first-order valence-corrected chi connectivity index (χ1v) is 12.0. The van der Waals surface area contributed by atoms with Crippen molar-refractivity contribution in [3.05, 3.63) is 95.3 Å². The second kappa shape index (κ2) is 10.3. The predicted molar refractivity (Wildman–Crippen MR) is 134 cm³/mol. The van der Waals surface area contributed by atoms with Crippen LogP contribution in [0.2, 0.25) is 0 Å². The number of hydrogen-bond acceptors (Lipinski definition) is 5. The maximum Gasteiger partial charge on any atom is 0.411 e. The molecule has 190 valence electrons. The van der Waals surface area contributed by atoms with Gasteiger partial charge in [0.1, 0.15) is 11.6 Å². The first-order valence-electron chi connectivity index (χ1n) is 12.0. The number of carbonyl (C=O) groups is 3. The van der Waals surface area contributed by atoms with Gasteiger partial charge >= 0.3 is 6.09 Å². The lowest BCUT2D eigenvalue weighted by Crippen LogP contribution is -2.46. The summed E-state index contributed by atoms with van der Waals surface area (Å²) in [7, 11) is 1.50. The molecule has 2 atom stereocenters. The van der Waals surface area contributed by atoms with Crippen LogP contribution in [0.1, 0.15) is 40.4 Å². The second-order valence-corrected chi connectivity index (χ2v) is 9.06. The van der Waals surface area contributed by atoms with Crippen LogP contribution in [-0.4, -0.2) is 42.0 Å². The van der Waals surface area contributed by atoms with Crippen LogP contribution < -0.4 is 15.4 Å². The molecule has 1 saturated carbocycles. The van der Waals surface area contributed by atoms with Crippen molar-refractivity contribution in [2.45, 2.75) is 37.6 Å². The fraction of sp³-hybridized carbons (Fsp3) is 0.250. The number of cyclic esters (lactones) is 1. The summed E-state index contributed by atoms with van der Waals surface area (Å²) in [6, 6.07) is 18.7. The normalized spacial score (nSPS) is 18.8. The molecule has 2 N–H and O–H groups in total. The number of anilines is 1. The number of para-hydroxylation sites is 1. The molecule has 0 unspecified atom stereocenters. The van der Waals surface area contributed by atoms with E-state index in [-0.39, 0.29) is 30.2 Å². The number of methoxy groups -OCH3 is 1. The summed E-state index contributed by atoms with van der Waals surface area (Å²) in [5.74, 6) is -0.551. The zero-order chi connectivity index (χ0) is 25.9. The van der Waals surface area contributed by atoms with Crippen LogP contribution in [0.3, 0.4) is 0 Å². The molecule has 0 spiro atoms. The number of nitrogens with zero attached hydrogens (tertiary/aromatic N) is 1. The Kier molecular flexibility index (Phi) is 6.76. The van der Waals surface area contributed by atoms with Crippen molar-refractivity contribution in [1.82, 2.24) is 10.2 Å². The minimum absolute atomic E-state index is 0.101. The van der Waals surface area contributed by atoms with E-state index in [2.05, 4.69) is 10.6 Å². The molecule has 1 heterocycles. The van der Waals surface area contributed by atoms with Gasteiger partial charge in [-0.25, -0.2) is 9.18 Å². The quantitative estimate of drug-likeness (QED) is 0.474. The molecule has 2 fully saturated rings. The minimum Gasteiger partial charge on any atom is -0.496 e. The molecule has 1 aliphatic carbocycles. The highest BCUT2D eigenvalue weighted by Gasteiger charge is 2.47. The molecule has 1 aliphatic heterocycles. The fourth-order valence-electron chi connectivity index (χ4n) is 4.30. The first kappa shape index (κ1) is 24.3. The Balaban J connectivity index is 1.35. The number of benzene rings is 3. The van der Waals surface area contributed by atoms with Gasteiger partial charge in [-0.2, -0.15) is 0 Å². The van der Waals surface area contributed by atoms with Gasteiger partial charge in [0.2, 0.25) is 5.91 Å². The zero-order valence-corrected chi connectivity index (χ0v) is 20.1. The average molecular weight is 504 g/mol. The summed E-state index contributed by atoms with van der Waals surface area (Å²) in [5, 5.41) is 5.79. The molecule has 8 nitrogen and oxygen atoms in total. The third kappa shape index (κ3) is 5.40. The van der Waals surface area contributed by atoms with Crippen LogP contribution in [0.25, 0.3) is 0 Å². The van der Waals surface area contributed by atoms with E-state index >= 15 is 0 Å². The van der Waals surface area contributed by atoms with Gasteiger partial charge in [-0.05, 0) is 60.4 Å². The van der Waals surface area contributed by atoms with Crippen LogP contribution in [0.15, 0.2) is 72.8 Å². The van der Waals surface area contributed by atoms with Crippen molar-refractivity contribution >= 4 is 23.6 Å². The van der Waals surface area contributed by atoms with E-state index in [4.69, 9.17) is 9.47 Å². The number of ether oxygens (including phenoxy) is 2. The van der Waals surface area contributed by atoms with Gasteiger partial charge in [-0.3, -0.25) is 14.5 Å². The van der Waals surface area contributed by atoms with Crippen molar-refractivity contribution in [2.24, 2.45) is 0 Å². The number of halogens is 1. The van der Waals surface area contributed by atoms with Gasteiger partial charge in [0.15, 0.2) is 12.1 Å². The second-order valence-electron chi connectivity index (χ2n) is 9.06. The maximum atomic E-state index is 13.4. The van der Waals surface area contributed by atoms with Crippen molar-refractivity contribution in [2.75, 3.05) is 12.4 Å². The Hall–Kier alpha value is -4.40. The summed E-state index contributed by atoms with van der Waals surface area (Å²) < 4.78 is 24.3. The fourth-order valence-corrected chi connectivity index (χ4v) is 4.30. The van der Waals surface area contributed by atoms with Crippen LogP contribution >= 0.6 is 0 Å². The van der Waals surface area contributed by atoms with Crippen LogP contribution in [0, 0.1) is 5.82 Å². The van der Waals surface area contributed by atoms with Crippen molar-refractivity contribution < 1.29 is 28.2 Å². The van der Waals surface area contributed by atoms with E-state index in [1.54, 1.807) is 60.7 Å². The van der Waals surface area contributed by atoms with E-state index in [0.29, 0.717) is 28.1 Å². The Morgan fingerprint density at radius 3 is 2.41 bits per heavy atom. The number of amides is 3. The smallest absolute Gasteiger partial charge is 0.411 e. The van der Waals surface area contributed by atoms with Gasteiger partial charge in [0.25, 0.3) is 5.91 Å². The van der Waals surface area contributed by atoms with Gasteiger partial charge < -0.3 is 20.1 Å². The molecule has 0 radical (unpaired) electrons. The van der Waals surface area contributed by atoms with Gasteiger partial charge in [-0.1, -0.05) is 36.4 Å². The van der Waals surface area contributed by atoms with E-state index in [0.717, 1.165) is 12.8 Å². The SMILES string of the molecule is COc1ccccc1C(=O)Nc1ccc([C@@H]2OC(=O)N(Cc3ccc(F)cc3)[C@H]2C(=O)NC2CC2)cc1. The molecule has 9 heteroatoms. The molecule has 3 amide bonds. The van der Waals surface area contributed by atoms with Crippen molar-refractivity contribution in [3.8, 4) is 5.75 Å². The van der Waals surface area contributed by atoms with Gasteiger partial charge in [0, 0.05) is 11.7 Å². The first-order chi connectivity index (χ1) is 17.9. The van der Waals surface area contributed by atoms with E-state index in [1.165, 1.54) is 24.1 Å². The van der Waals surface area contributed by atoms with Crippen molar-refractivity contribution in [1.29, 1.82) is 0 Å². The standard InChI is InChI=1S/C28H26FN3O5/c1-36-23-5-3-2-4-22(23)26(33)30-20-12-8-18(9-13-20)25-24(27(34)31-21-14-15-21)32(28(35)37-25)16-17-6-10-19(29)11-7-17/h2-13,21,24-25H,14-16H2,1H3,(H,30,33)(H,31,34)/t24-,25+/m1/s1. The monoisotopic (exact) mass is 503 g/mol. The Labute approximate surface area is 213 Å². The summed E-state index contributed by atoms with van der Waals surface area (Å²) in [4.78, 5) is 40.1. The molecular formula is C28H26FN3O5. The maximum absolute atomic E-state index is 13.4. The summed E-state index contributed by atoms with van der Waals surface area (Å²) in [6.45, 7) is 0.103. The van der Waals surface area contributed by atoms with Gasteiger partial charge in [0.05, 0.1) is 19.2 Å². The molecule has 1 saturated heterocycles. The van der Waals surface area contributed by atoms with E-state index < -0.39 is 18.2 Å². The number of nitrogens with one attached hydrogen (secondary N) is 2. The molecule has 2 aliphatic rings.